The summed E-state index contributed by atoms with van der Waals surface area (Å²) < 4.78 is 0. The molecule has 0 saturated heterocycles. The first-order valence-electron chi connectivity index (χ1n) is 8.09. The number of phenols is 1. The van der Waals surface area contributed by atoms with E-state index in [9.17, 15) is 19.7 Å². The van der Waals surface area contributed by atoms with Crippen LogP contribution in [0.25, 0.3) is 0 Å². The second-order valence-electron chi connectivity index (χ2n) is 5.70. The Bertz CT molecular complexity index is 590. The molecule has 0 aromatic heterocycles. The van der Waals surface area contributed by atoms with E-state index >= 15 is 0 Å². The molecule has 0 spiro atoms. The number of nitrogens with two attached hydrogens (primary N) is 3. The van der Waals surface area contributed by atoms with Crippen LogP contribution in [0.5, 0.6) is 5.75 Å². The van der Waals surface area contributed by atoms with Crippen molar-refractivity contribution in [2.75, 3.05) is 6.54 Å². The lowest BCUT2D eigenvalue weighted by molar-refractivity contribution is -0.385. The number of hydrogen-bond donors (Lipinski definition) is 5. The van der Waals surface area contributed by atoms with Crippen molar-refractivity contribution in [3.05, 3.63) is 33.9 Å². The molecule has 1 fully saturated rings. The minimum absolute atomic E-state index is 0.00463. The van der Waals surface area contributed by atoms with Crippen LogP contribution in [0.15, 0.2) is 18.2 Å². The zero-order valence-electron chi connectivity index (χ0n) is 14.4. The first-order valence-corrected chi connectivity index (χ1v) is 8.09. The molecular formula is C16H26N4O6. The Morgan fingerprint density at radius 2 is 1.92 bits per heavy atom. The highest BCUT2D eigenvalue weighted by molar-refractivity contribution is 5.76. The molecule has 0 aliphatic heterocycles. The van der Waals surface area contributed by atoms with Crippen molar-refractivity contribution in [1.29, 1.82) is 0 Å². The topological polar surface area (TPSA) is 196 Å². The second kappa shape index (κ2) is 12.8. The predicted molar refractivity (Wildman–Crippen MR) is 95.9 cm³/mol. The Balaban J connectivity index is 0.000000385. The van der Waals surface area contributed by atoms with E-state index in [2.05, 4.69) is 0 Å². The van der Waals surface area contributed by atoms with Crippen LogP contribution in [-0.4, -0.2) is 46.0 Å². The van der Waals surface area contributed by atoms with Gasteiger partial charge in [0.25, 0.3) is 0 Å². The van der Waals surface area contributed by atoms with E-state index in [-0.39, 0.29) is 12.1 Å². The van der Waals surface area contributed by atoms with Crippen LogP contribution in [0.4, 0.5) is 5.69 Å². The zero-order valence-corrected chi connectivity index (χ0v) is 14.4. The van der Waals surface area contributed by atoms with Crippen LogP contribution in [0.3, 0.4) is 0 Å². The number of nitro groups is 1. The molecule has 0 bridgehead atoms. The quantitative estimate of drug-likeness (QED) is 0.288. The minimum Gasteiger partial charge on any atom is -0.502 e. The van der Waals surface area contributed by atoms with Crippen LogP contribution in [0.1, 0.15) is 42.5 Å². The maximum absolute atomic E-state index is 10.2. The maximum atomic E-state index is 10.2. The summed E-state index contributed by atoms with van der Waals surface area (Å²) >= 11 is 0. The first-order chi connectivity index (χ1) is 12.2. The minimum atomic E-state index is -1.05. The van der Waals surface area contributed by atoms with Crippen LogP contribution in [-0.2, 0) is 4.79 Å². The lowest BCUT2D eigenvalue weighted by Gasteiger charge is -2.15. The average molecular weight is 370 g/mol. The Kier molecular flexibility index (Phi) is 11.5. The lowest BCUT2D eigenvalue weighted by Crippen LogP contribution is -2.37. The fourth-order valence-corrected chi connectivity index (χ4v) is 2.00. The predicted octanol–water partition coefficient (Wildman–Crippen LogP) is 0.748. The molecule has 0 amide bonds. The second-order valence-corrected chi connectivity index (χ2v) is 5.70. The van der Waals surface area contributed by atoms with Crippen LogP contribution in [0, 0.1) is 10.1 Å². The SMILES string of the molecule is NC1CCCCC1.NC[C@H](N)C(=O)O.O=Cc1ccc([N+](=O)[O-])c(O)c1. The Labute approximate surface area is 151 Å². The van der Waals surface area contributed by atoms with Crippen molar-refractivity contribution in [1.82, 2.24) is 0 Å². The lowest BCUT2D eigenvalue weighted by atomic mass is 9.97. The largest absolute Gasteiger partial charge is 0.502 e. The van der Waals surface area contributed by atoms with Gasteiger partial charge in [-0.25, -0.2) is 0 Å². The molecule has 0 heterocycles. The monoisotopic (exact) mass is 370 g/mol. The third-order valence-corrected chi connectivity index (χ3v) is 3.55. The highest BCUT2D eigenvalue weighted by Crippen LogP contribution is 2.25. The first kappa shape index (κ1) is 23.4. The normalized spacial score (nSPS) is 14.7. The number of aldehydes is 1. The molecule has 10 nitrogen and oxygen atoms in total. The molecule has 0 radical (unpaired) electrons. The molecule has 146 valence electrons. The number of rotatable bonds is 4. The number of carboxylic acids is 1. The number of nitrogens with zero attached hydrogens (tertiary/aromatic N) is 1. The number of aromatic hydroxyl groups is 1. The maximum Gasteiger partial charge on any atom is 0.321 e. The molecule has 2 rings (SSSR count). The number of nitro benzene ring substituents is 1. The van der Waals surface area contributed by atoms with Gasteiger partial charge < -0.3 is 27.4 Å². The highest BCUT2D eigenvalue weighted by atomic mass is 16.6. The summed E-state index contributed by atoms with van der Waals surface area (Å²) in [6.07, 6.45) is 7.17. The Morgan fingerprint density at radius 1 is 1.35 bits per heavy atom. The van der Waals surface area contributed by atoms with Crippen molar-refractivity contribution in [2.45, 2.75) is 44.2 Å². The third kappa shape index (κ3) is 9.67. The van der Waals surface area contributed by atoms with Gasteiger partial charge in [0.1, 0.15) is 12.3 Å². The van der Waals surface area contributed by atoms with Gasteiger partial charge in [0.05, 0.1) is 4.92 Å². The highest BCUT2D eigenvalue weighted by Gasteiger charge is 2.12. The van der Waals surface area contributed by atoms with E-state index in [1.165, 1.54) is 38.2 Å². The van der Waals surface area contributed by atoms with E-state index < -0.39 is 28.4 Å². The molecule has 8 N–H and O–H groups in total. The van der Waals surface area contributed by atoms with Crippen molar-refractivity contribution >= 4 is 17.9 Å². The average Bonchev–Trinajstić information content (AvgIpc) is 2.62. The Morgan fingerprint density at radius 3 is 2.19 bits per heavy atom. The van der Waals surface area contributed by atoms with Gasteiger partial charge in [0.2, 0.25) is 0 Å². The standard InChI is InChI=1S/C7H5NO4.C6H13N.C3H8N2O2/c9-4-5-1-2-6(8(11)12)7(10)3-5;7-6-4-2-1-3-5-6;4-1-2(5)3(6)7/h1-4,10H;6H,1-5,7H2;2H,1,4-5H2,(H,6,7)/t;;2-/m..0/s1. The van der Waals surface area contributed by atoms with Gasteiger partial charge in [-0.3, -0.25) is 19.7 Å². The summed E-state index contributed by atoms with van der Waals surface area (Å²) in [6, 6.07) is 3.03. The smallest absolute Gasteiger partial charge is 0.321 e. The van der Waals surface area contributed by atoms with Gasteiger partial charge in [-0.1, -0.05) is 19.3 Å². The number of carboxylic acid groups (broad SMARTS) is 1. The van der Waals surface area contributed by atoms with Gasteiger partial charge in [0.15, 0.2) is 5.75 Å². The fraction of sp³-hybridized carbons (Fsp3) is 0.500. The fourth-order valence-electron chi connectivity index (χ4n) is 2.00. The van der Waals surface area contributed by atoms with Crippen molar-refractivity contribution < 1.29 is 24.7 Å². The molecule has 1 aromatic rings. The van der Waals surface area contributed by atoms with Crippen molar-refractivity contribution in [3.63, 3.8) is 0 Å². The van der Waals surface area contributed by atoms with E-state index in [1.807, 2.05) is 0 Å². The van der Waals surface area contributed by atoms with E-state index in [4.69, 9.17) is 27.4 Å². The molecule has 1 saturated carbocycles. The van der Waals surface area contributed by atoms with E-state index in [1.54, 1.807) is 0 Å². The van der Waals surface area contributed by atoms with Gasteiger partial charge in [-0.15, -0.1) is 0 Å². The number of carbonyl (C=O) groups is 2. The summed E-state index contributed by atoms with van der Waals surface area (Å²) in [5.41, 5.74) is 15.2. The third-order valence-electron chi connectivity index (χ3n) is 3.55. The van der Waals surface area contributed by atoms with Gasteiger partial charge >= 0.3 is 11.7 Å². The molecule has 1 aliphatic rings. The number of hydrogen-bond acceptors (Lipinski definition) is 8. The van der Waals surface area contributed by atoms with E-state index in [0.717, 1.165) is 12.1 Å². The molecular weight excluding hydrogens is 344 g/mol. The zero-order chi connectivity index (χ0) is 20.1. The van der Waals surface area contributed by atoms with Crippen LogP contribution < -0.4 is 17.2 Å². The van der Waals surface area contributed by atoms with Gasteiger partial charge in [0, 0.05) is 24.2 Å². The summed E-state index contributed by atoms with van der Waals surface area (Å²) in [7, 11) is 0. The molecule has 1 aliphatic carbocycles. The molecule has 0 unspecified atom stereocenters. The molecule has 26 heavy (non-hydrogen) atoms. The van der Waals surface area contributed by atoms with Gasteiger partial charge in [-0.2, -0.15) is 0 Å². The summed E-state index contributed by atoms with van der Waals surface area (Å²) in [5, 5.41) is 27.1. The number of benzene rings is 1. The summed E-state index contributed by atoms with van der Waals surface area (Å²) in [4.78, 5) is 29.3. The summed E-state index contributed by atoms with van der Waals surface area (Å²) in [6.45, 7) is -0.00463. The Hall–Kier alpha value is -2.56. The van der Waals surface area contributed by atoms with Crippen LogP contribution >= 0.6 is 0 Å². The number of aliphatic carboxylic acids is 1. The number of phenolic OH excluding ortho intramolecular Hbond substituents is 1. The molecule has 10 heteroatoms. The van der Waals surface area contributed by atoms with Crippen LogP contribution in [0.2, 0.25) is 0 Å². The molecule has 1 aromatic carbocycles. The molecule has 1 atom stereocenters. The summed E-state index contributed by atoms with van der Waals surface area (Å²) in [5.74, 6) is -1.55. The van der Waals surface area contributed by atoms with Gasteiger partial charge in [-0.05, 0) is 25.0 Å². The van der Waals surface area contributed by atoms with E-state index in [0.29, 0.717) is 12.3 Å². The van der Waals surface area contributed by atoms with Crippen molar-refractivity contribution in [3.8, 4) is 5.75 Å². The van der Waals surface area contributed by atoms with Crippen molar-refractivity contribution in [2.24, 2.45) is 17.2 Å². The number of carbonyl (C=O) groups excluding carboxylic acids is 1.